The molecule has 0 saturated heterocycles. The van der Waals surface area contributed by atoms with Crippen LogP contribution in [0.25, 0.3) is 0 Å². The third-order valence-electron chi connectivity index (χ3n) is 0.713. The van der Waals surface area contributed by atoms with Crippen molar-refractivity contribution in [2.24, 2.45) is 0 Å². The van der Waals surface area contributed by atoms with Crippen molar-refractivity contribution in [2.75, 3.05) is 0 Å². The number of hydrogen-bond acceptors (Lipinski definition) is 2. The predicted octanol–water partition coefficient (Wildman–Crippen LogP) is 0.111. The summed E-state index contributed by atoms with van der Waals surface area (Å²) in [7, 11) is 0. The van der Waals surface area contributed by atoms with E-state index >= 15 is 0 Å². The van der Waals surface area contributed by atoms with Gasteiger partial charge in [0.2, 0.25) is 5.91 Å². The molecule has 56 valence electrons. The predicted molar refractivity (Wildman–Crippen MR) is 35.2 cm³/mol. The van der Waals surface area contributed by atoms with Crippen LogP contribution in [0.15, 0.2) is 11.8 Å². The SMILES string of the molecule is CC(=O)NC(C)=CC(=O)O. The Hall–Kier alpha value is -1.32. The first-order valence-electron chi connectivity index (χ1n) is 2.71. The zero-order valence-electron chi connectivity index (χ0n) is 5.84. The lowest BCUT2D eigenvalue weighted by molar-refractivity contribution is -0.131. The number of carbonyl (C=O) groups is 2. The summed E-state index contributed by atoms with van der Waals surface area (Å²) < 4.78 is 0. The highest BCUT2D eigenvalue weighted by Crippen LogP contribution is 1.84. The summed E-state index contributed by atoms with van der Waals surface area (Å²) in [5.41, 5.74) is 0.333. The van der Waals surface area contributed by atoms with Crippen molar-refractivity contribution in [1.82, 2.24) is 5.32 Å². The van der Waals surface area contributed by atoms with E-state index in [4.69, 9.17) is 5.11 Å². The zero-order valence-corrected chi connectivity index (χ0v) is 5.84. The van der Waals surface area contributed by atoms with Crippen LogP contribution in [-0.4, -0.2) is 17.0 Å². The largest absolute Gasteiger partial charge is 0.478 e. The smallest absolute Gasteiger partial charge is 0.330 e. The van der Waals surface area contributed by atoms with E-state index in [2.05, 4.69) is 5.32 Å². The number of rotatable bonds is 2. The highest BCUT2D eigenvalue weighted by molar-refractivity contribution is 5.82. The second kappa shape index (κ2) is 3.66. The molecule has 10 heavy (non-hydrogen) atoms. The minimum atomic E-state index is -1.06. The van der Waals surface area contributed by atoms with E-state index in [0.29, 0.717) is 5.70 Å². The van der Waals surface area contributed by atoms with Crippen LogP contribution in [-0.2, 0) is 9.59 Å². The Morgan fingerprint density at radius 3 is 2.20 bits per heavy atom. The summed E-state index contributed by atoms with van der Waals surface area (Å²) in [4.78, 5) is 20.3. The Morgan fingerprint density at radius 2 is 1.90 bits per heavy atom. The Labute approximate surface area is 58.5 Å². The Bertz CT molecular complexity index is 183. The van der Waals surface area contributed by atoms with E-state index in [1.165, 1.54) is 13.8 Å². The van der Waals surface area contributed by atoms with Crippen molar-refractivity contribution in [2.45, 2.75) is 13.8 Å². The van der Waals surface area contributed by atoms with Gasteiger partial charge in [0.05, 0.1) is 0 Å². The van der Waals surface area contributed by atoms with Gasteiger partial charge >= 0.3 is 5.97 Å². The van der Waals surface area contributed by atoms with Gasteiger partial charge in [0.25, 0.3) is 0 Å². The standard InChI is InChI=1S/C6H9NO3/c1-4(3-6(9)10)7-5(2)8/h3H,1-2H3,(H,7,8)(H,9,10). The first-order chi connectivity index (χ1) is 4.52. The average Bonchev–Trinajstić information content (AvgIpc) is 1.58. The Morgan fingerprint density at radius 1 is 1.40 bits per heavy atom. The first-order valence-corrected chi connectivity index (χ1v) is 2.71. The molecule has 0 aromatic heterocycles. The molecule has 0 rings (SSSR count). The second-order valence-electron chi connectivity index (χ2n) is 1.85. The van der Waals surface area contributed by atoms with Crippen LogP contribution in [0, 0.1) is 0 Å². The molecule has 0 aliphatic carbocycles. The van der Waals surface area contributed by atoms with Gasteiger partial charge in [-0.25, -0.2) is 4.79 Å². The summed E-state index contributed by atoms with van der Waals surface area (Å²) in [5.74, 6) is -1.33. The number of carboxylic acid groups (broad SMARTS) is 1. The van der Waals surface area contributed by atoms with Gasteiger partial charge in [-0.2, -0.15) is 0 Å². The molecule has 0 bridgehead atoms. The van der Waals surface area contributed by atoms with Crippen LogP contribution in [0.3, 0.4) is 0 Å². The van der Waals surface area contributed by atoms with Gasteiger partial charge in [0, 0.05) is 18.7 Å². The van der Waals surface area contributed by atoms with Gasteiger partial charge in [-0.15, -0.1) is 0 Å². The molecular weight excluding hydrogens is 134 g/mol. The molecule has 0 aliphatic heterocycles. The fourth-order valence-electron chi connectivity index (χ4n) is 0.499. The van der Waals surface area contributed by atoms with Crippen LogP contribution in [0.2, 0.25) is 0 Å². The van der Waals surface area contributed by atoms with E-state index in [0.717, 1.165) is 6.08 Å². The molecule has 2 N–H and O–H groups in total. The van der Waals surface area contributed by atoms with Crippen LogP contribution < -0.4 is 5.32 Å². The van der Waals surface area contributed by atoms with E-state index in [1.54, 1.807) is 0 Å². The van der Waals surface area contributed by atoms with Crippen molar-refractivity contribution < 1.29 is 14.7 Å². The van der Waals surface area contributed by atoms with Crippen molar-refractivity contribution in [3.05, 3.63) is 11.8 Å². The maximum absolute atomic E-state index is 10.3. The van der Waals surface area contributed by atoms with Gasteiger partial charge < -0.3 is 10.4 Å². The van der Waals surface area contributed by atoms with Crippen molar-refractivity contribution in [3.63, 3.8) is 0 Å². The zero-order chi connectivity index (χ0) is 8.15. The maximum atomic E-state index is 10.3. The number of amides is 1. The molecular formula is C6H9NO3. The summed E-state index contributed by atoms with van der Waals surface area (Å²) in [6.45, 7) is 2.83. The molecule has 0 fully saturated rings. The van der Waals surface area contributed by atoms with Crippen LogP contribution in [0.5, 0.6) is 0 Å². The average molecular weight is 143 g/mol. The van der Waals surface area contributed by atoms with Crippen molar-refractivity contribution >= 4 is 11.9 Å². The molecule has 4 nitrogen and oxygen atoms in total. The second-order valence-corrected chi connectivity index (χ2v) is 1.85. The highest BCUT2D eigenvalue weighted by atomic mass is 16.4. The van der Waals surface area contributed by atoms with E-state index in [1.807, 2.05) is 0 Å². The minimum Gasteiger partial charge on any atom is -0.478 e. The van der Waals surface area contributed by atoms with Gasteiger partial charge in [-0.3, -0.25) is 4.79 Å². The van der Waals surface area contributed by atoms with E-state index in [9.17, 15) is 9.59 Å². The Kier molecular flexibility index (Phi) is 3.17. The van der Waals surface area contributed by atoms with E-state index in [-0.39, 0.29) is 5.91 Å². The number of carbonyl (C=O) groups excluding carboxylic acids is 1. The Balaban J connectivity index is 3.95. The lowest BCUT2D eigenvalue weighted by atomic mass is 10.4. The molecule has 0 spiro atoms. The lowest BCUT2D eigenvalue weighted by Crippen LogP contribution is -2.17. The fraction of sp³-hybridized carbons (Fsp3) is 0.333. The fourth-order valence-corrected chi connectivity index (χ4v) is 0.499. The molecule has 1 amide bonds. The molecule has 0 radical (unpaired) electrons. The molecule has 0 saturated carbocycles. The third-order valence-corrected chi connectivity index (χ3v) is 0.713. The lowest BCUT2D eigenvalue weighted by Gasteiger charge is -1.97. The highest BCUT2D eigenvalue weighted by Gasteiger charge is 1.94. The third kappa shape index (κ3) is 4.83. The van der Waals surface area contributed by atoms with Gasteiger partial charge in [-0.05, 0) is 6.92 Å². The number of nitrogens with one attached hydrogen (secondary N) is 1. The van der Waals surface area contributed by atoms with Crippen LogP contribution in [0.4, 0.5) is 0 Å². The number of allylic oxidation sites excluding steroid dienone is 1. The summed E-state index contributed by atoms with van der Waals surface area (Å²) in [6.07, 6.45) is 0.932. The number of aliphatic carboxylic acids is 1. The molecule has 0 aromatic carbocycles. The van der Waals surface area contributed by atoms with Crippen molar-refractivity contribution in [3.8, 4) is 0 Å². The number of hydrogen-bond donors (Lipinski definition) is 2. The number of carboxylic acids is 1. The topological polar surface area (TPSA) is 66.4 Å². The first kappa shape index (κ1) is 8.68. The molecule has 0 heterocycles. The molecule has 0 atom stereocenters. The normalized spacial score (nSPS) is 10.8. The van der Waals surface area contributed by atoms with Gasteiger partial charge in [-0.1, -0.05) is 0 Å². The quantitative estimate of drug-likeness (QED) is 0.539. The minimum absolute atomic E-state index is 0.269. The summed E-state index contributed by atoms with van der Waals surface area (Å²) in [5, 5.41) is 10.5. The molecule has 0 aliphatic rings. The molecule has 0 aromatic rings. The van der Waals surface area contributed by atoms with E-state index < -0.39 is 5.97 Å². The molecule has 0 unspecified atom stereocenters. The monoisotopic (exact) mass is 143 g/mol. The summed E-state index contributed by atoms with van der Waals surface area (Å²) in [6, 6.07) is 0. The van der Waals surface area contributed by atoms with Gasteiger partial charge in [0.15, 0.2) is 0 Å². The van der Waals surface area contributed by atoms with Gasteiger partial charge in [0.1, 0.15) is 0 Å². The molecule has 4 heteroatoms. The maximum Gasteiger partial charge on any atom is 0.330 e. The van der Waals surface area contributed by atoms with Crippen molar-refractivity contribution in [1.29, 1.82) is 0 Å². The summed E-state index contributed by atoms with van der Waals surface area (Å²) >= 11 is 0. The van der Waals surface area contributed by atoms with Crippen LogP contribution in [0.1, 0.15) is 13.8 Å². The van der Waals surface area contributed by atoms with Crippen LogP contribution >= 0.6 is 0 Å².